The van der Waals surface area contributed by atoms with Crippen molar-refractivity contribution in [3.63, 3.8) is 0 Å². The van der Waals surface area contributed by atoms with Crippen LogP contribution in [0.25, 0.3) is 0 Å². The number of methoxy groups -OCH3 is 1. The average molecular weight is 322 g/mol. The Morgan fingerprint density at radius 3 is 2.36 bits per heavy atom. The van der Waals surface area contributed by atoms with Crippen molar-refractivity contribution in [3.8, 4) is 5.75 Å². The highest BCUT2D eigenvalue weighted by atomic mass is 32.2. The van der Waals surface area contributed by atoms with Crippen LogP contribution < -0.4 is 10.5 Å². The Labute approximate surface area is 128 Å². The van der Waals surface area contributed by atoms with Gasteiger partial charge in [0.2, 0.25) is 0 Å². The van der Waals surface area contributed by atoms with Gasteiger partial charge in [-0.1, -0.05) is 0 Å². The zero-order valence-corrected chi connectivity index (χ0v) is 12.9. The molecule has 0 aromatic heterocycles. The van der Waals surface area contributed by atoms with E-state index in [-0.39, 0.29) is 10.7 Å². The highest BCUT2D eigenvalue weighted by Gasteiger charge is 2.07. The molecule has 0 unspecified atom stereocenters. The molecule has 0 saturated carbocycles. The van der Waals surface area contributed by atoms with Crippen LogP contribution in [0.2, 0.25) is 0 Å². The molecule has 0 atom stereocenters. The normalized spacial score (nSPS) is 12.2. The number of amidine groups is 1. The van der Waals surface area contributed by atoms with Gasteiger partial charge in [0.1, 0.15) is 17.4 Å². The smallest absolute Gasteiger partial charge is 0.175 e. The minimum atomic E-state index is -3.26. The lowest BCUT2D eigenvalue weighted by Gasteiger charge is -2.05. The van der Waals surface area contributed by atoms with Crippen LogP contribution >= 0.6 is 0 Å². The number of hydrogen-bond acceptors (Lipinski definition) is 4. The molecule has 2 rings (SSSR count). The van der Waals surface area contributed by atoms with Gasteiger partial charge in [-0.25, -0.2) is 17.8 Å². The second-order valence-corrected chi connectivity index (χ2v) is 6.66. The van der Waals surface area contributed by atoms with Crippen molar-refractivity contribution in [3.05, 3.63) is 53.8 Å². The number of hydrogen-bond donors (Lipinski definition) is 1. The summed E-state index contributed by atoms with van der Waals surface area (Å²) < 4.78 is 41.2. The molecule has 0 spiro atoms. The van der Waals surface area contributed by atoms with Crippen LogP contribution in [0, 0.1) is 5.82 Å². The summed E-state index contributed by atoms with van der Waals surface area (Å²) in [5.74, 6) is -0.0506. The van der Waals surface area contributed by atoms with E-state index in [1.807, 2.05) is 0 Å². The van der Waals surface area contributed by atoms with Crippen LogP contribution in [-0.4, -0.2) is 27.6 Å². The Bertz CT molecular complexity index is 815. The minimum Gasteiger partial charge on any atom is -0.497 e. The van der Waals surface area contributed by atoms with Crippen molar-refractivity contribution in [1.82, 2.24) is 0 Å². The van der Waals surface area contributed by atoms with Gasteiger partial charge in [-0.15, -0.1) is 0 Å². The first-order valence-electron chi connectivity index (χ1n) is 6.29. The van der Waals surface area contributed by atoms with Crippen LogP contribution in [0.4, 0.5) is 10.1 Å². The zero-order valence-electron chi connectivity index (χ0n) is 12.1. The molecule has 2 N–H and O–H groups in total. The molecule has 0 heterocycles. The first kappa shape index (κ1) is 16.0. The number of benzene rings is 2. The maximum absolute atomic E-state index is 13.4. The zero-order chi connectivity index (χ0) is 16.3. The van der Waals surface area contributed by atoms with E-state index < -0.39 is 15.7 Å². The maximum atomic E-state index is 13.4. The number of nitrogens with two attached hydrogens (primary N) is 1. The van der Waals surface area contributed by atoms with Crippen LogP contribution in [0.3, 0.4) is 0 Å². The fraction of sp³-hybridized carbons (Fsp3) is 0.133. The van der Waals surface area contributed by atoms with Crippen molar-refractivity contribution in [1.29, 1.82) is 0 Å². The average Bonchev–Trinajstić information content (AvgIpc) is 2.46. The standard InChI is InChI=1S/C15H15FN2O3S/c1-21-13-8-10(7-11(16)9-13)15(17)18-12-3-5-14(6-4-12)22(2,19)20/h3-9H,1-2H3,(H2,17,18). The Hall–Kier alpha value is -2.41. The fourth-order valence-corrected chi connectivity index (χ4v) is 2.43. The number of rotatable bonds is 4. The molecule has 0 radical (unpaired) electrons. The van der Waals surface area contributed by atoms with Crippen molar-refractivity contribution >= 4 is 21.4 Å². The third kappa shape index (κ3) is 3.82. The van der Waals surface area contributed by atoms with Crippen molar-refractivity contribution in [2.75, 3.05) is 13.4 Å². The van der Waals surface area contributed by atoms with E-state index in [2.05, 4.69) is 4.99 Å². The number of halogens is 1. The largest absolute Gasteiger partial charge is 0.497 e. The number of aliphatic imine (C=N–C) groups is 1. The molecule has 116 valence electrons. The van der Waals surface area contributed by atoms with Gasteiger partial charge in [0.15, 0.2) is 9.84 Å². The quantitative estimate of drug-likeness (QED) is 0.691. The van der Waals surface area contributed by atoms with Gasteiger partial charge in [-0.2, -0.15) is 0 Å². The molecular formula is C15H15FN2O3S. The van der Waals surface area contributed by atoms with Crippen LogP contribution in [-0.2, 0) is 9.84 Å². The summed E-state index contributed by atoms with van der Waals surface area (Å²) in [4.78, 5) is 4.34. The predicted molar refractivity (Wildman–Crippen MR) is 82.9 cm³/mol. The van der Waals surface area contributed by atoms with E-state index in [0.717, 1.165) is 6.26 Å². The molecule has 2 aromatic rings. The van der Waals surface area contributed by atoms with Crippen LogP contribution in [0.5, 0.6) is 5.75 Å². The lowest BCUT2D eigenvalue weighted by Crippen LogP contribution is -2.13. The fourth-order valence-electron chi connectivity index (χ4n) is 1.80. The van der Waals surface area contributed by atoms with Gasteiger partial charge in [0.05, 0.1) is 17.7 Å². The topological polar surface area (TPSA) is 81.8 Å². The Morgan fingerprint density at radius 1 is 1.18 bits per heavy atom. The van der Waals surface area contributed by atoms with Crippen LogP contribution in [0.15, 0.2) is 52.4 Å². The number of sulfone groups is 1. The molecule has 2 aromatic carbocycles. The highest BCUT2D eigenvalue weighted by Crippen LogP contribution is 2.19. The number of ether oxygens (including phenoxy) is 1. The molecule has 0 bridgehead atoms. The first-order chi connectivity index (χ1) is 10.3. The first-order valence-corrected chi connectivity index (χ1v) is 8.18. The van der Waals surface area contributed by atoms with E-state index in [1.54, 1.807) is 6.07 Å². The lowest BCUT2D eigenvalue weighted by atomic mass is 10.2. The third-order valence-corrected chi connectivity index (χ3v) is 4.05. The van der Waals surface area contributed by atoms with Gasteiger partial charge in [0.25, 0.3) is 0 Å². The molecule has 0 aliphatic carbocycles. The SMILES string of the molecule is COc1cc(F)cc(C(N)=Nc2ccc(S(C)(=O)=O)cc2)c1. The molecule has 0 aliphatic heterocycles. The molecule has 0 saturated heterocycles. The van der Waals surface area contributed by atoms with E-state index in [4.69, 9.17) is 10.5 Å². The van der Waals surface area contributed by atoms with Crippen molar-refractivity contribution in [2.45, 2.75) is 4.90 Å². The van der Waals surface area contributed by atoms with Gasteiger partial charge < -0.3 is 10.5 Å². The summed E-state index contributed by atoms with van der Waals surface area (Å²) in [5, 5.41) is 0. The molecule has 22 heavy (non-hydrogen) atoms. The number of nitrogens with zero attached hydrogens (tertiary/aromatic N) is 1. The monoisotopic (exact) mass is 322 g/mol. The minimum absolute atomic E-state index is 0.102. The molecule has 0 fully saturated rings. The van der Waals surface area contributed by atoms with Gasteiger partial charge in [-0.3, -0.25) is 0 Å². The highest BCUT2D eigenvalue weighted by molar-refractivity contribution is 7.90. The van der Waals surface area contributed by atoms with E-state index >= 15 is 0 Å². The van der Waals surface area contributed by atoms with E-state index in [0.29, 0.717) is 17.0 Å². The molecular weight excluding hydrogens is 307 g/mol. The van der Waals surface area contributed by atoms with Gasteiger partial charge >= 0.3 is 0 Å². The summed E-state index contributed by atoms with van der Waals surface area (Å²) in [6.07, 6.45) is 1.12. The Morgan fingerprint density at radius 2 is 1.82 bits per heavy atom. The van der Waals surface area contributed by atoms with Crippen molar-refractivity contribution < 1.29 is 17.5 Å². The molecule has 5 nitrogen and oxygen atoms in total. The van der Waals surface area contributed by atoms with Crippen molar-refractivity contribution in [2.24, 2.45) is 10.7 Å². The molecule has 7 heteroatoms. The predicted octanol–water partition coefficient (Wildman–Crippen LogP) is 2.27. The van der Waals surface area contributed by atoms with Crippen LogP contribution in [0.1, 0.15) is 5.56 Å². The second-order valence-electron chi connectivity index (χ2n) is 4.64. The van der Waals surface area contributed by atoms with Gasteiger partial charge in [0, 0.05) is 17.9 Å². The van der Waals surface area contributed by atoms with E-state index in [9.17, 15) is 12.8 Å². The lowest BCUT2D eigenvalue weighted by molar-refractivity contribution is 0.411. The molecule has 0 aliphatic rings. The molecule has 0 amide bonds. The second kappa shape index (κ2) is 6.15. The van der Waals surface area contributed by atoms with E-state index in [1.165, 1.54) is 43.5 Å². The summed E-state index contributed by atoms with van der Waals surface area (Å²) >= 11 is 0. The van der Waals surface area contributed by atoms with Gasteiger partial charge in [-0.05, 0) is 36.4 Å². The Kier molecular flexibility index (Phi) is 4.46. The summed E-state index contributed by atoms with van der Waals surface area (Å²) in [6, 6.07) is 9.97. The third-order valence-electron chi connectivity index (χ3n) is 2.92. The maximum Gasteiger partial charge on any atom is 0.175 e. The Balaban J connectivity index is 2.34. The summed E-state index contributed by atoms with van der Waals surface area (Å²) in [6.45, 7) is 0. The summed E-state index contributed by atoms with van der Waals surface area (Å²) in [7, 11) is -1.83. The summed E-state index contributed by atoms with van der Waals surface area (Å²) in [5.41, 5.74) is 6.70.